The minimum absolute atomic E-state index is 0.0548. The van der Waals surface area contributed by atoms with Gasteiger partial charge in [0.1, 0.15) is 29.5 Å². The summed E-state index contributed by atoms with van der Waals surface area (Å²) in [4.78, 5) is 4.46. The van der Waals surface area contributed by atoms with E-state index in [1.807, 2.05) is 30.3 Å². The van der Waals surface area contributed by atoms with Crippen LogP contribution in [0.25, 0.3) is 22.3 Å². The lowest BCUT2D eigenvalue weighted by Gasteiger charge is -2.08. The van der Waals surface area contributed by atoms with Gasteiger partial charge in [-0.15, -0.1) is 10.2 Å². The van der Waals surface area contributed by atoms with E-state index in [0.717, 1.165) is 22.8 Å². The Labute approximate surface area is 169 Å². The maximum absolute atomic E-state index is 14.1. The molecule has 9 heteroatoms. The number of para-hydroxylation sites is 3. The molecule has 144 valence electrons. The summed E-state index contributed by atoms with van der Waals surface area (Å²) in [6.07, 6.45) is 1.40. The Bertz CT molecular complexity index is 1270. The number of imidazole rings is 1. The predicted molar refractivity (Wildman–Crippen MR) is 108 cm³/mol. The molecule has 4 rings (SSSR count). The second-order valence-corrected chi connectivity index (χ2v) is 7.08. The number of benzene rings is 2. The van der Waals surface area contributed by atoms with E-state index < -0.39 is 5.82 Å². The lowest BCUT2D eigenvalue weighted by atomic mass is 10.2. The van der Waals surface area contributed by atoms with E-state index in [2.05, 4.69) is 15.2 Å². The summed E-state index contributed by atoms with van der Waals surface area (Å²) in [6.45, 7) is 0. The maximum atomic E-state index is 14.1. The molecule has 0 unspecified atom stereocenters. The Morgan fingerprint density at radius 1 is 1.21 bits per heavy atom. The van der Waals surface area contributed by atoms with Gasteiger partial charge in [0.15, 0.2) is 11.0 Å². The van der Waals surface area contributed by atoms with Gasteiger partial charge < -0.3 is 9.67 Å². The van der Waals surface area contributed by atoms with Crippen molar-refractivity contribution >= 4 is 28.4 Å². The zero-order valence-corrected chi connectivity index (χ0v) is 16.1. The van der Waals surface area contributed by atoms with Gasteiger partial charge in [-0.2, -0.15) is 5.26 Å². The first-order chi connectivity index (χ1) is 14.1. The van der Waals surface area contributed by atoms with Gasteiger partial charge in [0, 0.05) is 7.05 Å². The number of thioether (sulfide) groups is 1. The van der Waals surface area contributed by atoms with Gasteiger partial charge in [-0.05, 0) is 24.3 Å². The van der Waals surface area contributed by atoms with E-state index in [-0.39, 0.29) is 17.1 Å². The Kier molecular flexibility index (Phi) is 5.01. The van der Waals surface area contributed by atoms with E-state index in [0.29, 0.717) is 16.7 Å². The first kappa shape index (κ1) is 18.7. The van der Waals surface area contributed by atoms with Crippen molar-refractivity contribution in [1.29, 1.82) is 5.26 Å². The van der Waals surface area contributed by atoms with Crippen LogP contribution in [-0.4, -0.2) is 35.2 Å². The van der Waals surface area contributed by atoms with E-state index in [4.69, 9.17) is 0 Å². The summed E-state index contributed by atoms with van der Waals surface area (Å²) in [5.41, 5.74) is 1.97. The molecule has 0 aliphatic heterocycles. The van der Waals surface area contributed by atoms with Crippen LogP contribution in [0, 0.1) is 17.1 Å². The second kappa shape index (κ2) is 7.77. The quantitative estimate of drug-likeness (QED) is 0.307. The van der Waals surface area contributed by atoms with Gasteiger partial charge >= 0.3 is 0 Å². The van der Waals surface area contributed by atoms with E-state index >= 15 is 0 Å². The molecule has 7 nitrogen and oxygen atoms in total. The third-order valence-corrected chi connectivity index (χ3v) is 5.33. The highest BCUT2D eigenvalue weighted by Crippen LogP contribution is 2.26. The lowest BCUT2D eigenvalue weighted by molar-refractivity contribution is 0.420. The molecule has 1 N–H and O–H groups in total. The summed E-state index contributed by atoms with van der Waals surface area (Å²) < 4.78 is 17.3. The van der Waals surface area contributed by atoms with Crippen LogP contribution in [0.4, 0.5) is 4.39 Å². The van der Waals surface area contributed by atoms with Gasteiger partial charge in [0.25, 0.3) is 0 Å². The van der Waals surface area contributed by atoms with Crippen LogP contribution in [-0.2, 0) is 7.05 Å². The number of hydrogen-bond donors (Lipinski definition) is 1. The first-order valence-corrected chi connectivity index (χ1v) is 9.60. The van der Waals surface area contributed by atoms with Crippen molar-refractivity contribution in [3.8, 4) is 11.8 Å². The molecule has 2 heterocycles. The molecule has 0 saturated carbocycles. The van der Waals surface area contributed by atoms with Crippen LogP contribution in [0.1, 0.15) is 5.82 Å². The van der Waals surface area contributed by atoms with Crippen LogP contribution in [0.2, 0.25) is 0 Å². The topological polar surface area (TPSA) is 92.5 Å². The third kappa shape index (κ3) is 3.46. The normalized spacial score (nSPS) is 12.0. The molecule has 0 bridgehead atoms. The zero-order valence-electron chi connectivity index (χ0n) is 15.3. The fraction of sp³-hybridized carbons (Fsp3) is 0.100. The van der Waals surface area contributed by atoms with Crippen molar-refractivity contribution in [2.75, 3.05) is 5.75 Å². The number of nitrogens with zero attached hydrogens (tertiary/aromatic N) is 6. The number of halogens is 1. The van der Waals surface area contributed by atoms with Crippen LogP contribution < -0.4 is 0 Å². The summed E-state index contributed by atoms with van der Waals surface area (Å²) in [5.74, 6) is -0.119. The molecule has 0 radical (unpaired) electrons. The van der Waals surface area contributed by atoms with Crippen molar-refractivity contribution in [1.82, 2.24) is 24.3 Å². The van der Waals surface area contributed by atoms with Crippen molar-refractivity contribution < 1.29 is 9.50 Å². The number of allylic oxidation sites excluding steroid dienone is 1. The van der Waals surface area contributed by atoms with Gasteiger partial charge in [0.05, 0.1) is 22.5 Å². The molecule has 0 atom stereocenters. The molecule has 0 aliphatic rings. The Morgan fingerprint density at radius 3 is 2.72 bits per heavy atom. The Hall–Kier alpha value is -3.64. The van der Waals surface area contributed by atoms with Gasteiger partial charge in [-0.1, -0.05) is 36.0 Å². The van der Waals surface area contributed by atoms with Crippen LogP contribution >= 0.6 is 11.8 Å². The molecular weight excluding hydrogens is 391 g/mol. The number of rotatable bonds is 5. The predicted octanol–water partition coefficient (Wildman–Crippen LogP) is 3.88. The first-order valence-electron chi connectivity index (χ1n) is 8.62. The minimum Gasteiger partial charge on any atom is -0.510 e. The standard InChI is InChI=1S/C20H15FN6OS/c1-26-17-9-5-3-7-15(17)24-19(26)13(10-22)18(28)11-29-20-25-23-12-27(20)16-8-4-2-6-14(16)21/h2-9,12,28H,11H2,1H3/b18-13-. The number of nitriles is 1. The highest BCUT2D eigenvalue weighted by atomic mass is 32.2. The summed E-state index contributed by atoms with van der Waals surface area (Å²) in [5, 5.41) is 28.4. The van der Waals surface area contributed by atoms with E-state index in [1.165, 1.54) is 17.0 Å². The number of fused-ring (bicyclic) bond motifs is 1. The fourth-order valence-electron chi connectivity index (χ4n) is 2.95. The van der Waals surface area contributed by atoms with E-state index in [9.17, 15) is 14.8 Å². The van der Waals surface area contributed by atoms with Gasteiger partial charge in [0.2, 0.25) is 0 Å². The van der Waals surface area contributed by atoms with Gasteiger partial charge in [-0.25, -0.2) is 9.37 Å². The molecule has 0 amide bonds. The van der Waals surface area contributed by atoms with Crippen LogP contribution in [0.5, 0.6) is 0 Å². The average Bonchev–Trinajstić information content (AvgIpc) is 3.33. The molecule has 29 heavy (non-hydrogen) atoms. The molecule has 0 aliphatic carbocycles. The lowest BCUT2D eigenvalue weighted by Crippen LogP contribution is -2.02. The largest absolute Gasteiger partial charge is 0.510 e. The number of aryl methyl sites for hydroxylation is 1. The summed E-state index contributed by atoms with van der Waals surface area (Å²) >= 11 is 1.14. The average molecular weight is 406 g/mol. The van der Waals surface area contributed by atoms with Crippen molar-refractivity contribution in [2.24, 2.45) is 7.05 Å². The summed E-state index contributed by atoms with van der Waals surface area (Å²) in [7, 11) is 1.79. The van der Waals surface area contributed by atoms with Crippen molar-refractivity contribution in [3.63, 3.8) is 0 Å². The molecule has 4 aromatic rings. The molecular formula is C20H15FN6OS. The molecule has 0 fully saturated rings. The van der Waals surface area contributed by atoms with Crippen LogP contribution in [0.3, 0.4) is 0 Å². The number of aliphatic hydroxyl groups is 1. The third-order valence-electron chi connectivity index (χ3n) is 4.38. The van der Waals surface area contributed by atoms with Crippen molar-refractivity contribution in [3.05, 3.63) is 72.3 Å². The Balaban J connectivity index is 1.64. The number of hydrogen-bond acceptors (Lipinski definition) is 6. The molecule has 0 spiro atoms. The fourth-order valence-corrected chi connectivity index (χ4v) is 3.75. The maximum Gasteiger partial charge on any atom is 0.196 e. The SMILES string of the molecule is Cn1c(/C(C#N)=C(\O)CSc2nncn2-c2ccccc2F)nc2ccccc21. The summed E-state index contributed by atoms with van der Waals surface area (Å²) in [6, 6.07) is 15.8. The second-order valence-electron chi connectivity index (χ2n) is 6.14. The molecule has 2 aromatic carbocycles. The molecule has 2 aromatic heterocycles. The number of aromatic nitrogens is 5. The minimum atomic E-state index is -0.411. The van der Waals surface area contributed by atoms with E-state index in [1.54, 1.807) is 29.8 Å². The highest BCUT2D eigenvalue weighted by molar-refractivity contribution is 7.99. The van der Waals surface area contributed by atoms with Crippen LogP contribution in [0.15, 0.2) is 65.8 Å². The monoisotopic (exact) mass is 406 g/mol. The highest BCUT2D eigenvalue weighted by Gasteiger charge is 2.18. The number of aliphatic hydroxyl groups excluding tert-OH is 1. The Morgan fingerprint density at radius 2 is 1.97 bits per heavy atom. The van der Waals surface area contributed by atoms with Gasteiger partial charge in [-0.3, -0.25) is 4.57 Å². The van der Waals surface area contributed by atoms with Crippen molar-refractivity contribution in [2.45, 2.75) is 5.16 Å². The smallest absolute Gasteiger partial charge is 0.196 e. The zero-order chi connectivity index (χ0) is 20.4. The molecule has 0 saturated heterocycles.